The van der Waals surface area contributed by atoms with Gasteiger partial charge in [-0.3, -0.25) is 4.79 Å². The molecule has 15 heavy (non-hydrogen) atoms. The standard InChI is InChI=1S/C7H8F3NO4/c1-2-15-7(13)4(11-14)5(12)3(8)6(9)10/h3,6,14H,2H2,1H3. The van der Waals surface area contributed by atoms with Gasteiger partial charge in [-0.1, -0.05) is 5.16 Å². The minimum atomic E-state index is -3.59. The number of carbonyl (C=O) groups is 2. The van der Waals surface area contributed by atoms with Gasteiger partial charge in [0.05, 0.1) is 6.61 Å². The largest absolute Gasteiger partial charge is 0.461 e. The molecule has 0 aromatic heterocycles. The Hall–Kier alpha value is -1.60. The van der Waals surface area contributed by atoms with Crippen molar-refractivity contribution in [2.75, 3.05) is 6.61 Å². The van der Waals surface area contributed by atoms with Crippen molar-refractivity contribution in [2.24, 2.45) is 5.16 Å². The van der Waals surface area contributed by atoms with Crippen molar-refractivity contribution in [3.8, 4) is 0 Å². The number of ketones is 1. The fourth-order valence-electron chi connectivity index (χ4n) is 0.635. The number of hydrogen-bond acceptors (Lipinski definition) is 5. The van der Waals surface area contributed by atoms with E-state index in [1.165, 1.54) is 6.92 Å². The van der Waals surface area contributed by atoms with Crippen molar-refractivity contribution < 1.29 is 32.7 Å². The fraction of sp³-hybridized carbons (Fsp3) is 0.571. The fourth-order valence-corrected chi connectivity index (χ4v) is 0.635. The number of ether oxygens (including phenoxy) is 1. The first-order valence-electron chi connectivity index (χ1n) is 3.81. The Labute approximate surface area is 82.5 Å². The van der Waals surface area contributed by atoms with E-state index in [4.69, 9.17) is 5.21 Å². The monoisotopic (exact) mass is 227 g/mol. The molecule has 0 saturated heterocycles. The van der Waals surface area contributed by atoms with Crippen LogP contribution in [0.2, 0.25) is 0 Å². The zero-order valence-corrected chi connectivity index (χ0v) is 7.61. The van der Waals surface area contributed by atoms with E-state index < -0.39 is 30.1 Å². The van der Waals surface area contributed by atoms with Crippen LogP contribution in [0.15, 0.2) is 5.16 Å². The van der Waals surface area contributed by atoms with Gasteiger partial charge in [0.1, 0.15) is 0 Å². The number of hydrogen-bond donors (Lipinski definition) is 1. The lowest BCUT2D eigenvalue weighted by atomic mass is 10.1. The van der Waals surface area contributed by atoms with Gasteiger partial charge in [0, 0.05) is 0 Å². The van der Waals surface area contributed by atoms with Crippen LogP contribution in [0, 0.1) is 0 Å². The Balaban J connectivity index is 4.71. The highest BCUT2D eigenvalue weighted by molar-refractivity contribution is 6.65. The predicted molar refractivity (Wildman–Crippen MR) is 41.8 cm³/mol. The zero-order valence-electron chi connectivity index (χ0n) is 7.61. The summed E-state index contributed by atoms with van der Waals surface area (Å²) in [5.74, 6) is -3.36. The van der Waals surface area contributed by atoms with Crippen molar-refractivity contribution in [2.45, 2.75) is 19.5 Å². The summed E-state index contributed by atoms with van der Waals surface area (Å²) in [6.07, 6.45) is -6.80. The van der Waals surface area contributed by atoms with Gasteiger partial charge in [-0.15, -0.1) is 0 Å². The summed E-state index contributed by atoms with van der Waals surface area (Å²) in [5, 5.41) is 10.3. The number of oxime groups is 1. The summed E-state index contributed by atoms with van der Waals surface area (Å²) in [6.45, 7) is 1.20. The van der Waals surface area contributed by atoms with E-state index in [-0.39, 0.29) is 6.61 Å². The van der Waals surface area contributed by atoms with Crippen LogP contribution in [-0.4, -0.2) is 41.9 Å². The van der Waals surface area contributed by atoms with E-state index in [9.17, 15) is 22.8 Å². The van der Waals surface area contributed by atoms with Gasteiger partial charge < -0.3 is 9.94 Å². The Morgan fingerprint density at radius 2 is 1.93 bits per heavy atom. The first kappa shape index (κ1) is 13.4. The molecule has 0 aliphatic carbocycles. The van der Waals surface area contributed by atoms with Crippen LogP contribution in [0.4, 0.5) is 13.2 Å². The Bertz CT molecular complexity index is 279. The molecule has 5 nitrogen and oxygen atoms in total. The number of Topliss-reactive ketones (excluding diaryl/α,β-unsaturated/α-hetero) is 1. The minimum Gasteiger partial charge on any atom is -0.461 e. The van der Waals surface area contributed by atoms with E-state index in [2.05, 4.69) is 9.89 Å². The molecule has 0 rings (SSSR count). The normalized spacial score (nSPS) is 13.8. The van der Waals surface area contributed by atoms with Gasteiger partial charge in [0.15, 0.2) is 0 Å². The quantitative estimate of drug-likeness (QED) is 0.244. The molecule has 0 radical (unpaired) electrons. The highest BCUT2D eigenvalue weighted by Gasteiger charge is 2.35. The van der Waals surface area contributed by atoms with Crippen LogP contribution in [-0.2, 0) is 14.3 Å². The first-order chi connectivity index (χ1) is 6.95. The van der Waals surface area contributed by atoms with Gasteiger partial charge in [-0.05, 0) is 6.92 Å². The second-order valence-electron chi connectivity index (χ2n) is 2.27. The topological polar surface area (TPSA) is 76.0 Å². The SMILES string of the molecule is CCOC(=O)C(=NO)C(=O)C(F)C(F)F. The van der Waals surface area contributed by atoms with E-state index in [1.54, 1.807) is 0 Å². The predicted octanol–water partition coefficient (Wildman–Crippen LogP) is 0.552. The number of rotatable bonds is 5. The van der Waals surface area contributed by atoms with Gasteiger partial charge >= 0.3 is 5.97 Å². The molecular formula is C7H8F3NO4. The summed E-state index contributed by atoms with van der Waals surface area (Å²) in [6, 6.07) is 0. The molecule has 0 amide bonds. The smallest absolute Gasteiger partial charge is 0.364 e. The van der Waals surface area contributed by atoms with Crippen LogP contribution < -0.4 is 0 Å². The third kappa shape index (κ3) is 3.56. The maximum atomic E-state index is 12.5. The van der Waals surface area contributed by atoms with E-state index >= 15 is 0 Å². The molecule has 8 heteroatoms. The second-order valence-corrected chi connectivity index (χ2v) is 2.27. The van der Waals surface area contributed by atoms with Crippen LogP contribution in [0.3, 0.4) is 0 Å². The third-order valence-corrected chi connectivity index (χ3v) is 1.27. The average molecular weight is 227 g/mol. The molecule has 1 N–H and O–H groups in total. The maximum absolute atomic E-state index is 12.5. The molecule has 1 unspecified atom stereocenters. The average Bonchev–Trinajstić information content (AvgIpc) is 2.17. The molecule has 1 atom stereocenters. The Morgan fingerprint density at radius 1 is 1.40 bits per heavy atom. The molecule has 86 valence electrons. The molecule has 0 fully saturated rings. The number of carbonyl (C=O) groups excluding carboxylic acids is 2. The van der Waals surface area contributed by atoms with Crippen molar-refractivity contribution in [1.82, 2.24) is 0 Å². The third-order valence-electron chi connectivity index (χ3n) is 1.27. The Kier molecular flexibility index (Phi) is 5.35. The van der Waals surface area contributed by atoms with Gasteiger partial charge in [0.2, 0.25) is 17.7 Å². The lowest BCUT2D eigenvalue weighted by Gasteiger charge is -2.06. The molecule has 0 aromatic rings. The van der Waals surface area contributed by atoms with Gasteiger partial charge in [-0.2, -0.15) is 0 Å². The lowest BCUT2D eigenvalue weighted by Crippen LogP contribution is -2.36. The number of halogens is 3. The summed E-state index contributed by atoms with van der Waals surface area (Å²) in [7, 11) is 0. The van der Waals surface area contributed by atoms with Crippen molar-refractivity contribution in [3.05, 3.63) is 0 Å². The van der Waals surface area contributed by atoms with Crippen LogP contribution in [0.5, 0.6) is 0 Å². The Morgan fingerprint density at radius 3 is 2.27 bits per heavy atom. The first-order valence-corrected chi connectivity index (χ1v) is 3.81. The van der Waals surface area contributed by atoms with E-state index in [1.807, 2.05) is 0 Å². The molecular weight excluding hydrogens is 219 g/mol. The molecule has 0 aliphatic rings. The van der Waals surface area contributed by atoms with Crippen molar-refractivity contribution in [1.29, 1.82) is 0 Å². The summed E-state index contributed by atoms with van der Waals surface area (Å²) >= 11 is 0. The molecule has 0 spiro atoms. The zero-order chi connectivity index (χ0) is 12.0. The molecule has 0 aliphatic heterocycles. The van der Waals surface area contributed by atoms with Crippen molar-refractivity contribution >= 4 is 17.5 Å². The minimum absolute atomic E-state index is 0.170. The molecule has 0 bridgehead atoms. The number of esters is 1. The number of alkyl halides is 3. The second kappa shape index (κ2) is 5.99. The number of nitrogens with zero attached hydrogens (tertiary/aromatic N) is 1. The van der Waals surface area contributed by atoms with Crippen LogP contribution >= 0.6 is 0 Å². The summed E-state index contributed by atoms with van der Waals surface area (Å²) in [5.41, 5.74) is -1.38. The molecule has 0 aromatic carbocycles. The highest BCUT2D eigenvalue weighted by atomic mass is 19.3. The lowest BCUT2D eigenvalue weighted by molar-refractivity contribution is -0.136. The van der Waals surface area contributed by atoms with Crippen LogP contribution in [0.1, 0.15) is 6.92 Å². The molecule has 0 saturated carbocycles. The van der Waals surface area contributed by atoms with Gasteiger partial charge in [0.25, 0.3) is 6.43 Å². The summed E-state index contributed by atoms with van der Waals surface area (Å²) < 4.78 is 40.1. The van der Waals surface area contributed by atoms with Gasteiger partial charge in [-0.25, -0.2) is 18.0 Å². The maximum Gasteiger partial charge on any atom is 0.364 e. The molecule has 0 heterocycles. The van der Waals surface area contributed by atoms with E-state index in [0.29, 0.717) is 0 Å². The van der Waals surface area contributed by atoms with Crippen molar-refractivity contribution in [3.63, 3.8) is 0 Å². The van der Waals surface area contributed by atoms with E-state index in [0.717, 1.165) is 0 Å². The summed E-state index contributed by atoms with van der Waals surface area (Å²) in [4.78, 5) is 21.6. The van der Waals surface area contributed by atoms with Crippen LogP contribution in [0.25, 0.3) is 0 Å². The highest BCUT2D eigenvalue weighted by Crippen LogP contribution is 2.08.